The number of cyclic esters (lactones) is 1. The predicted octanol–water partition coefficient (Wildman–Crippen LogP) is 5.70. The molecule has 0 saturated heterocycles. The van der Waals surface area contributed by atoms with E-state index in [-0.39, 0.29) is 33.6 Å². The molecule has 172 valence electrons. The van der Waals surface area contributed by atoms with Gasteiger partial charge in [-0.05, 0) is 103 Å². The molecule has 4 fully saturated rings. The minimum atomic E-state index is -0.328. The van der Waals surface area contributed by atoms with E-state index in [0.29, 0.717) is 30.3 Å². The van der Waals surface area contributed by atoms with Crippen LogP contribution in [0.4, 0.5) is 0 Å². The van der Waals surface area contributed by atoms with Crippen LogP contribution in [0.3, 0.4) is 0 Å². The molecular formula is C27H40O4. The van der Waals surface area contributed by atoms with Gasteiger partial charge in [0.25, 0.3) is 0 Å². The van der Waals surface area contributed by atoms with Gasteiger partial charge in [-0.3, -0.25) is 4.79 Å². The van der Waals surface area contributed by atoms with Crippen molar-refractivity contribution in [2.45, 2.75) is 85.5 Å². The molecule has 31 heavy (non-hydrogen) atoms. The van der Waals surface area contributed by atoms with Crippen LogP contribution < -0.4 is 0 Å². The van der Waals surface area contributed by atoms with Crippen LogP contribution in [0.15, 0.2) is 11.6 Å². The van der Waals surface area contributed by atoms with Gasteiger partial charge in [0.2, 0.25) is 0 Å². The third-order valence-corrected chi connectivity index (χ3v) is 11.5. The Bertz CT molecular complexity index is 831. The third-order valence-electron chi connectivity index (χ3n) is 11.5. The van der Waals surface area contributed by atoms with Crippen molar-refractivity contribution in [1.82, 2.24) is 0 Å². The van der Waals surface area contributed by atoms with Gasteiger partial charge in [0, 0.05) is 6.08 Å². The van der Waals surface area contributed by atoms with E-state index in [2.05, 4.69) is 27.7 Å². The minimum absolute atomic E-state index is 0.0509. The van der Waals surface area contributed by atoms with Gasteiger partial charge in [-0.25, -0.2) is 4.79 Å². The fraction of sp³-hybridized carbons (Fsp3) is 0.852. The summed E-state index contributed by atoms with van der Waals surface area (Å²) in [5.41, 5.74) is 1.30. The van der Waals surface area contributed by atoms with E-state index < -0.39 is 0 Å². The summed E-state index contributed by atoms with van der Waals surface area (Å²) in [5.74, 6) is 1.98. The summed E-state index contributed by atoms with van der Waals surface area (Å²) < 4.78 is 10.9. The SMILES string of the molecule is COC(=O)C12CCC(C)CC1(C)CCC1C2CCC2(C)C(C3=CC(=O)OC3)CCC12C. The number of hydrogen-bond donors (Lipinski definition) is 0. The summed E-state index contributed by atoms with van der Waals surface area (Å²) in [4.78, 5) is 25.4. The highest BCUT2D eigenvalue weighted by Crippen LogP contribution is 2.75. The largest absolute Gasteiger partial charge is 0.469 e. The van der Waals surface area contributed by atoms with Crippen LogP contribution in [-0.4, -0.2) is 25.7 Å². The maximum absolute atomic E-state index is 13.6. The summed E-state index contributed by atoms with van der Waals surface area (Å²) in [7, 11) is 1.60. The van der Waals surface area contributed by atoms with E-state index in [1.165, 1.54) is 18.4 Å². The topological polar surface area (TPSA) is 52.6 Å². The molecule has 4 heteroatoms. The standard InChI is InChI=1S/C27H40O4/c1-17-6-13-27(23(29)30-5)21-9-12-25(3)19(18-14-22(28)31-16-18)8-11-26(25,4)20(21)7-10-24(27,2)15-17/h14,17,19-21H,6-13,15-16H2,1-5H3. The lowest BCUT2D eigenvalue weighted by atomic mass is 9.36. The molecule has 0 amide bonds. The first-order chi connectivity index (χ1) is 14.6. The molecule has 4 saturated carbocycles. The maximum Gasteiger partial charge on any atom is 0.331 e. The zero-order valence-electron chi connectivity index (χ0n) is 20.1. The Morgan fingerprint density at radius 2 is 1.71 bits per heavy atom. The lowest BCUT2D eigenvalue weighted by Crippen LogP contribution is -2.64. The molecule has 4 nitrogen and oxygen atoms in total. The first-order valence-corrected chi connectivity index (χ1v) is 12.6. The summed E-state index contributed by atoms with van der Waals surface area (Å²) in [5, 5.41) is 0. The van der Waals surface area contributed by atoms with Crippen molar-refractivity contribution < 1.29 is 19.1 Å². The monoisotopic (exact) mass is 428 g/mol. The lowest BCUT2D eigenvalue weighted by Gasteiger charge is -2.67. The van der Waals surface area contributed by atoms with Crippen molar-refractivity contribution in [2.75, 3.05) is 13.7 Å². The second-order valence-corrected chi connectivity index (χ2v) is 12.4. The molecule has 8 atom stereocenters. The summed E-state index contributed by atoms with van der Waals surface area (Å²) in [6.45, 7) is 10.2. The van der Waals surface area contributed by atoms with Gasteiger partial charge in [-0.2, -0.15) is 0 Å². The predicted molar refractivity (Wildman–Crippen MR) is 119 cm³/mol. The molecule has 0 bridgehead atoms. The van der Waals surface area contributed by atoms with Gasteiger partial charge >= 0.3 is 11.9 Å². The second-order valence-electron chi connectivity index (χ2n) is 12.4. The van der Waals surface area contributed by atoms with Crippen LogP contribution in [0.1, 0.15) is 85.5 Å². The fourth-order valence-corrected chi connectivity index (χ4v) is 9.85. The van der Waals surface area contributed by atoms with Crippen LogP contribution in [0, 0.1) is 45.3 Å². The van der Waals surface area contributed by atoms with Crippen molar-refractivity contribution in [3.05, 3.63) is 11.6 Å². The van der Waals surface area contributed by atoms with E-state index in [4.69, 9.17) is 9.47 Å². The van der Waals surface area contributed by atoms with Gasteiger partial charge in [-0.15, -0.1) is 0 Å². The number of hydrogen-bond acceptors (Lipinski definition) is 4. The van der Waals surface area contributed by atoms with Crippen LogP contribution in [0.25, 0.3) is 0 Å². The minimum Gasteiger partial charge on any atom is -0.469 e. The Hall–Kier alpha value is -1.32. The molecule has 8 unspecified atom stereocenters. The van der Waals surface area contributed by atoms with Crippen LogP contribution in [0.5, 0.6) is 0 Å². The summed E-state index contributed by atoms with van der Waals surface area (Å²) >= 11 is 0. The zero-order chi connectivity index (χ0) is 22.2. The van der Waals surface area contributed by atoms with Crippen LogP contribution >= 0.6 is 0 Å². The number of methoxy groups -OCH3 is 1. The average Bonchev–Trinajstić information content (AvgIpc) is 3.26. The first kappa shape index (κ1) is 21.5. The molecule has 0 aromatic rings. The Morgan fingerprint density at radius 3 is 2.39 bits per heavy atom. The molecule has 0 spiro atoms. The number of esters is 2. The number of carbonyl (C=O) groups is 2. The molecule has 1 aliphatic heterocycles. The average molecular weight is 429 g/mol. The van der Waals surface area contributed by atoms with Crippen LogP contribution in [-0.2, 0) is 19.1 Å². The highest BCUT2D eigenvalue weighted by Gasteiger charge is 2.71. The second kappa shape index (κ2) is 6.84. The smallest absolute Gasteiger partial charge is 0.331 e. The van der Waals surface area contributed by atoms with Crippen molar-refractivity contribution in [3.63, 3.8) is 0 Å². The lowest BCUT2D eigenvalue weighted by molar-refractivity contribution is -0.215. The Balaban J connectivity index is 1.55. The highest BCUT2D eigenvalue weighted by molar-refractivity contribution is 5.85. The van der Waals surface area contributed by atoms with E-state index in [1.54, 1.807) is 13.2 Å². The van der Waals surface area contributed by atoms with E-state index in [0.717, 1.165) is 44.9 Å². The highest BCUT2D eigenvalue weighted by atomic mass is 16.5. The summed E-state index contributed by atoms with van der Waals surface area (Å²) in [6.07, 6.45) is 12.0. The maximum atomic E-state index is 13.6. The fourth-order valence-electron chi connectivity index (χ4n) is 9.85. The molecule has 0 aromatic carbocycles. The van der Waals surface area contributed by atoms with Crippen molar-refractivity contribution in [3.8, 4) is 0 Å². The molecule has 5 rings (SSSR count). The Kier molecular flexibility index (Phi) is 4.75. The van der Waals surface area contributed by atoms with E-state index in [1.807, 2.05) is 0 Å². The molecule has 5 aliphatic rings. The van der Waals surface area contributed by atoms with Gasteiger partial charge in [0.15, 0.2) is 0 Å². The third kappa shape index (κ3) is 2.60. The van der Waals surface area contributed by atoms with Gasteiger partial charge < -0.3 is 9.47 Å². The number of ether oxygens (including phenoxy) is 2. The van der Waals surface area contributed by atoms with E-state index in [9.17, 15) is 9.59 Å². The van der Waals surface area contributed by atoms with Gasteiger partial charge in [0.05, 0.1) is 12.5 Å². The van der Waals surface area contributed by atoms with Crippen molar-refractivity contribution in [2.24, 2.45) is 45.3 Å². The molecule has 0 radical (unpaired) electrons. The molecular weight excluding hydrogens is 388 g/mol. The van der Waals surface area contributed by atoms with E-state index >= 15 is 0 Å². The van der Waals surface area contributed by atoms with Gasteiger partial charge in [0.1, 0.15) is 6.61 Å². The summed E-state index contributed by atoms with van der Waals surface area (Å²) in [6, 6.07) is 0. The zero-order valence-corrected chi connectivity index (χ0v) is 20.1. The molecule has 1 heterocycles. The van der Waals surface area contributed by atoms with Crippen molar-refractivity contribution >= 4 is 11.9 Å². The van der Waals surface area contributed by atoms with Gasteiger partial charge in [-0.1, -0.05) is 27.7 Å². The number of carbonyl (C=O) groups excluding carboxylic acids is 2. The number of rotatable bonds is 2. The van der Waals surface area contributed by atoms with Crippen molar-refractivity contribution in [1.29, 1.82) is 0 Å². The Labute approximate surface area is 187 Å². The first-order valence-electron chi connectivity index (χ1n) is 12.6. The van der Waals surface area contributed by atoms with Crippen LogP contribution in [0.2, 0.25) is 0 Å². The quantitative estimate of drug-likeness (QED) is 0.530. The Morgan fingerprint density at radius 1 is 1.00 bits per heavy atom. The molecule has 0 aromatic heterocycles. The normalized spacial score (nSPS) is 51.3. The number of fused-ring (bicyclic) bond motifs is 5. The molecule has 0 N–H and O–H groups in total. The molecule has 4 aliphatic carbocycles.